The smallest absolute Gasteiger partial charge is 0.311 e. The van der Waals surface area contributed by atoms with Crippen LogP contribution in [0.4, 0.5) is 0 Å². The van der Waals surface area contributed by atoms with Gasteiger partial charge in [0.05, 0.1) is 18.2 Å². The van der Waals surface area contributed by atoms with Gasteiger partial charge in [-0.2, -0.15) is 5.26 Å². The van der Waals surface area contributed by atoms with E-state index in [1.165, 1.54) is 0 Å². The molecule has 2 amide bonds. The summed E-state index contributed by atoms with van der Waals surface area (Å²) in [7, 11) is 2.02. The highest BCUT2D eigenvalue weighted by Gasteiger charge is 2.56. The Morgan fingerprint density at radius 2 is 1.78 bits per heavy atom. The average Bonchev–Trinajstić information content (AvgIpc) is 3.65. The van der Waals surface area contributed by atoms with E-state index in [0.717, 1.165) is 27.8 Å². The zero-order valence-corrected chi connectivity index (χ0v) is 31.8. The fourth-order valence-electron chi connectivity index (χ4n) is 9.02. The zero-order valence-electron chi connectivity index (χ0n) is 31.8. The van der Waals surface area contributed by atoms with Crippen molar-refractivity contribution in [3.63, 3.8) is 0 Å². The Labute approximate surface area is 316 Å². The van der Waals surface area contributed by atoms with Crippen molar-refractivity contribution in [2.45, 2.75) is 109 Å². The van der Waals surface area contributed by atoms with E-state index in [1.807, 2.05) is 58.2 Å². The van der Waals surface area contributed by atoms with Gasteiger partial charge in [0.1, 0.15) is 23.6 Å². The molecule has 4 aliphatic heterocycles. The summed E-state index contributed by atoms with van der Waals surface area (Å²) in [5.41, 5.74) is 6.82. The van der Waals surface area contributed by atoms with Gasteiger partial charge in [-0.1, -0.05) is 43.3 Å². The quantitative estimate of drug-likeness (QED) is 0.196. The highest BCUT2D eigenvalue weighted by Crippen LogP contribution is 2.57. The number of rotatable bonds is 10. The van der Waals surface area contributed by atoms with Crippen molar-refractivity contribution in [2.75, 3.05) is 20.4 Å². The van der Waals surface area contributed by atoms with Crippen LogP contribution >= 0.6 is 0 Å². The molecule has 54 heavy (non-hydrogen) atoms. The molecule has 4 aliphatic rings. The van der Waals surface area contributed by atoms with Crippen molar-refractivity contribution in [2.24, 2.45) is 0 Å². The van der Waals surface area contributed by atoms with E-state index in [9.17, 15) is 24.8 Å². The molecule has 3 aromatic rings. The monoisotopic (exact) mass is 735 g/mol. The van der Waals surface area contributed by atoms with Crippen LogP contribution in [0.1, 0.15) is 89.7 Å². The number of fused-ring (bicyclic) bond motifs is 9. The number of hydrogen-bond donors (Lipinski definition) is 3. The summed E-state index contributed by atoms with van der Waals surface area (Å²) < 4.78 is 18.1. The first kappa shape index (κ1) is 37.2. The summed E-state index contributed by atoms with van der Waals surface area (Å²) in [6.45, 7) is 9.43. The van der Waals surface area contributed by atoms with Crippen LogP contribution in [-0.4, -0.2) is 77.2 Å². The second kappa shape index (κ2) is 15.0. The van der Waals surface area contributed by atoms with Crippen LogP contribution in [0.25, 0.3) is 0 Å². The lowest BCUT2D eigenvalue weighted by Crippen LogP contribution is -2.69. The SMILES string of the molecule is CCCC(=O)Oc1c(C)c(C)cc2c1[C@H]1C3Cc4c(O)c(C)c5c(c4[C@H](CNC(=O)C(C)NC(=O)CCc4ccccc4)N3[C@@H](C#N)[C@H](C2)N1C)OCO5. The Kier molecular flexibility index (Phi) is 10.3. The van der Waals surface area contributed by atoms with Gasteiger partial charge in [-0.25, -0.2) is 0 Å². The Balaban J connectivity index is 1.26. The standard InChI is InChI=1S/C42H49N5O7/c1-7-11-34(49)54-39-23(3)22(2)16-27-17-29-31(19-43)47-30(37(35(27)39)46(29)6)18-28-36(41-40(52-21-53-41)24(4)38(28)50)32(47)20-44-42(51)25(5)45-33(48)15-14-26-12-9-8-10-13-26/h8-10,12-13,16,25,29-32,37,50H,7,11,14-15,17-18,20-21H2,1-6H3,(H,44,51)(H,45,48)/t25?,29-,30?,31-,32-,37+/m0/s1. The van der Waals surface area contributed by atoms with Crippen LogP contribution in [0.3, 0.4) is 0 Å². The largest absolute Gasteiger partial charge is 0.507 e. The summed E-state index contributed by atoms with van der Waals surface area (Å²) in [5.74, 6) is 0.704. The number of ether oxygens (including phenoxy) is 3. The molecule has 0 saturated carbocycles. The van der Waals surface area contributed by atoms with E-state index in [2.05, 4.69) is 32.6 Å². The number of nitriles is 1. The lowest BCUT2D eigenvalue weighted by Gasteiger charge is -2.60. The maximum atomic E-state index is 13.7. The number of carbonyl (C=O) groups excluding carboxylic acids is 3. The first-order valence-electron chi connectivity index (χ1n) is 18.9. The number of nitrogens with zero attached hydrogens (tertiary/aromatic N) is 3. The molecule has 7 rings (SSSR count). The number of amides is 2. The van der Waals surface area contributed by atoms with Crippen molar-refractivity contribution in [1.29, 1.82) is 5.26 Å². The van der Waals surface area contributed by atoms with Crippen molar-refractivity contribution in [3.05, 3.63) is 80.9 Å². The van der Waals surface area contributed by atoms with Gasteiger partial charge in [0.2, 0.25) is 18.6 Å². The highest BCUT2D eigenvalue weighted by molar-refractivity contribution is 5.87. The molecule has 2 unspecified atom stereocenters. The number of piperazine rings is 1. The fourth-order valence-corrected chi connectivity index (χ4v) is 9.02. The molecular formula is C42H49N5O7. The fraction of sp³-hybridized carbons (Fsp3) is 0.476. The summed E-state index contributed by atoms with van der Waals surface area (Å²) in [5, 5.41) is 28.7. The molecule has 6 atom stereocenters. The molecule has 0 radical (unpaired) electrons. The number of carbonyl (C=O) groups is 3. The molecule has 0 aromatic heterocycles. The molecule has 12 nitrogen and oxygen atoms in total. The molecule has 0 spiro atoms. The van der Waals surface area contributed by atoms with Gasteiger partial charge in [-0.15, -0.1) is 0 Å². The minimum Gasteiger partial charge on any atom is -0.507 e. The number of esters is 1. The number of hydrogen-bond acceptors (Lipinski definition) is 10. The Hall–Kier alpha value is -5.12. The Bertz CT molecular complexity index is 2030. The number of phenols is 1. The summed E-state index contributed by atoms with van der Waals surface area (Å²) >= 11 is 0. The zero-order chi connectivity index (χ0) is 38.4. The molecule has 1 saturated heterocycles. The normalized spacial score (nSPS) is 22.9. The summed E-state index contributed by atoms with van der Waals surface area (Å²) in [6, 6.07) is 11.6. The molecule has 12 heteroatoms. The van der Waals surface area contributed by atoms with E-state index in [1.54, 1.807) is 13.8 Å². The van der Waals surface area contributed by atoms with Crippen molar-refractivity contribution in [1.82, 2.24) is 20.4 Å². The first-order chi connectivity index (χ1) is 25.9. The maximum absolute atomic E-state index is 13.7. The van der Waals surface area contributed by atoms with Gasteiger partial charge < -0.3 is 30.0 Å². The molecular weight excluding hydrogens is 686 g/mol. The minimum atomic E-state index is -0.819. The first-order valence-corrected chi connectivity index (χ1v) is 18.9. The third-order valence-electron chi connectivity index (χ3n) is 11.8. The van der Waals surface area contributed by atoms with Crippen LogP contribution in [0.15, 0.2) is 36.4 Å². The Morgan fingerprint density at radius 3 is 2.50 bits per heavy atom. The Morgan fingerprint density at radius 1 is 1.04 bits per heavy atom. The van der Waals surface area contributed by atoms with E-state index in [0.29, 0.717) is 66.0 Å². The number of benzene rings is 3. The van der Waals surface area contributed by atoms with E-state index < -0.39 is 18.1 Å². The van der Waals surface area contributed by atoms with Crippen molar-refractivity contribution >= 4 is 17.8 Å². The molecule has 4 heterocycles. The van der Waals surface area contributed by atoms with Gasteiger partial charge in [-0.3, -0.25) is 24.2 Å². The van der Waals surface area contributed by atoms with E-state index in [4.69, 9.17) is 14.2 Å². The van der Waals surface area contributed by atoms with Crippen LogP contribution < -0.4 is 24.8 Å². The predicted molar refractivity (Wildman–Crippen MR) is 200 cm³/mol. The second-order valence-corrected chi connectivity index (χ2v) is 15.1. The number of likely N-dealkylation sites (N-methyl/N-ethyl adjacent to an activating group) is 1. The molecule has 0 aliphatic carbocycles. The number of aromatic hydroxyl groups is 1. The second-order valence-electron chi connectivity index (χ2n) is 15.1. The third-order valence-corrected chi connectivity index (χ3v) is 11.8. The van der Waals surface area contributed by atoms with E-state index >= 15 is 0 Å². The molecule has 2 bridgehead atoms. The van der Waals surface area contributed by atoms with Gasteiger partial charge in [0.15, 0.2) is 11.5 Å². The predicted octanol–water partition coefficient (Wildman–Crippen LogP) is 4.78. The summed E-state index contributed by atoms with van der Waals surface area (Å²) in [4.78, 5) is 44.0. The lowest BCUT2D eigenvalue weighted by atomic mass is 9.71. The molecule has 1 fully saturated rings. The van der Waals surface area contributed by atoms with Gasteiger partial charge >= 0.3 is 5.97 Å². The lowest BCUT2D eigenvalue weighted by molar-refractivity contribution is -0.134. The van der Waals surface area contributed by atoms with E-state index in [-0.39, 0.29) is 61.4 Å². The van der Waals surface area contributed by atoms with Gasteiger partial charge in [-0.05, 0) is 82.7 Å². The van der Waals surface area contributed by atoms with Crippen molar-refractivity contribution < 1.29 is 33.7 Å². The number of aryl methyl sites for hydroxylation is 2. The minimum absolute atomic E-state index is 0.0191. The van der Waals surface area contributed by atoms with Crippen LogP contribution in [-0.2, 0) is 33.6 Å². The third kappa shape index (κ3) is 6.43. The van der Waals surface area contributed by atoms with Crippen LogP contribution in [0.5, 0.6) is 23.0 Å². The summed E-state index contributed by atoms with van der Waals surface area (Å²) in [6.07, 6.45) is 2.67. The van der Waals surface area contributed by atoms with Crippen LogP contribution in [0, 0.1) is 32.1 Å². The van der Waals surface area contributed by atoms with Gasteiger partial charge in [0.25, 0.3) is 0 Å². The number of nitrogens with one attached hydrogen (secondary N) is 2. The maximum Gasteiger partial charge on any atom is 0.311 e. The number of phenolic OH excluding ortho intramolecular Hbond substituents is 1. The van der Waals surface area contributed by atoms with Gasteiger partial charge in [0, 0.05) is 53.7 Å². The highest BCUT2D eigenvalue weighted by atomic mass is 16.7. The molecule has 3 N–H and O–H groups in total. The topological polar surface area (TPSA) is 153 Å². The van der Waals surface area contributed by atoms with Crippen molar-refractivity contribution in [3.8, 4) is 29.1 Å². The van der Waals surface area contributed by atoms with Crippen LogP contribution in [0.2, 0.25) is 0 Å². The molecule has 284 valence electrons. The molecule has 3 aromatic carbocycles. The average molecular weight is 736 g/mol.